The van der Waals surface area contributed by atoms with Crippen LogP contribution in [0, 0.1) is 0 Å². The first-order valence-electron chi connectivity index (χ1n) is 9.27. The van der Waals surface area contributed by atoms with Crippen molar-refractivity contribution in [2.24, 2.45) is 0 Å². The summed E-state index contributed by atoms with van der Waals surface area (Å²) in [6, 6.07) is 11.3. The van der Waals surface area contributed by atoms with Crippen molar-refractivity contribution in [3.05, 3.63) is 58.6 Å². The van der Waals surface area contributed by atoms with Gasteiger partial charge >= 0.3 is 0 Å². The lowest BCUT2D eigenvalue weighted by atomic mass is 10.1. The lowest BCUT2D eigenvalue weighted by Crippen LogP contribution is -2.37. The molecular weight excluding hydrogens is 380 g/mol. The Morgan fingerprint density at radius 1 is 0.893 bits per heavy atom. The molecule has 0 unspecified atom stereocenters. The van der Waals surface area contributed by atoms with E-state index in [0.717, 1.165) is 5.56 Å². The molecule has 6 nitrogen and oxygen atoms in total. The highest BCUT2D eigenvalue weighted by atomic mass is 35.5. The minimum Gasteiger partial charge on any atom is -0.508 e. The highest BCUT2D eigenvalue weighted by molar-refractivity contribution is 6.30. The SMILES string of the molecule is O=C(CCc1ccc(Cl)cc1)N1CCCN(C(=O)c2cc(O)cc(O)c2)CC1. The van der Waals surface area contributed by atoms with Crippen LogP contribution in [0.2, 0.25) is 5.02 Å². The number of rotatable bonds is 4. The number of benzene rings is 2. The zero-order chi connectivity index (χ0) is 20.1. The number of amides is 2. The zero-order valence-corrected chi connectivity index (χ0v) is 16.2. The Hall–Kier alpha value is -2.73. The van der Waals surface area contributed by atoms with Crippen molar-refractivity contribution in [2.75, 3.05) is 26.2 Å². The van der Waals surface area contributed by atoms with Crippen LogP contribution in [0.15, 0.2) is 42.5 Å². The lowest BCUT2D eigenvalue weighted by Gasteiger charge is -2.22. The van der Waals surface area contributed by atoms with Crippen LogP contribution in [0.1, 0.15) is 28.8 Å². The van der Waals surface area contributed by atoms with Gasteiger partial charge in [0.15, 0.2) is 0 Å². The summed E-state index contributed by atoms with van der Waals surface area (Å²) in [5, 5.41) is 19.9. The minimum absolute atomic E-state index is 0.0687. The normalized spacial score (nSPS) is 14.6. The van der Waals surface area contributed by atoms with Crippen molar-refractivity contribution < 1.29 is 19.8 Å². The molecule has 0 aliphatic carbocycles. The second-order valence-electron chi connectivity index (χ2n) is 6.89. The van der Waals surface area contributed by atoms with Crippen LogP contribution in [-0.2, 0) is 11.2 Å². The maximum atomic E-state index is 12.7. The Balaban J connectivity index is 1.55. The number of phenolic OH excluding ortho intramolecular Hbond substituents is 2. The first kappa shape index (κ1) is 20.0. The summed E-state index contributed by atoms with van der Waals surface area (Å²) in [4.78, 5) is 28.7. The molecule has 148 valence electrons. The van der Waals surface area contributed by atoms with Crippen LogP contribution in [0.3, 0.4) is 0 Å². The molecule has 28 heavy (non-hydrogen) atoms. The van der Waals surface area contributed by atoms with Crippen LogP contribution in [-0.4, -0.2) is 58.0 Å². The molecule has 1 aliphatic heterocycles. The fourth-order valence-corrected chi connectivity index (χ4v) is 3.46. The number of hydrogen-bond acceptors (Lipinski definition) is 4. The predicted octanol–water partition coefficient (Wildman–Crippen LogP) is 3.06. The number of aryl methyl sites for hydroxylation is 1. The second kappa shape index (κ2) is 8.97. The van der Waals surface area contributed by atoms with Gasteiger partial charge in [-0.2, -0.15) is 0 Å². The summed E-state index contributed by atoms with van der Waals surface area (Å²) < 4.78 is 0. The molecule has 2 N–H and O–H groups in total. The van der Waals surface area contributed by atoms with Gasteiger partial charge in [0, 0.05) is 49.3 Å². The van der Waals surface area contributed by atoms with E-state index in [1.807, 2.05) is 24.3 Å². The van der Waals surface area contributed by atoms with Crippen LogP contribution >= 0.6 is 11.6 Å². The number of phenols is 2. The average Bonchev–Trinajstić information content (AvgIpc) is 2.92. The standard InChI is InChI=1S/C21H23ClN2O4/c22-17-5-2-15(3-6-17)4-7-20(27)23-8-1-9-24(11-10-23)21(28)16-12-18(25)14-19(26)13-16/h2-3,5-6,12-14,25-26H,1,4,7-11H2. The Labute approximate surface area is 169 Å². The monoisotopic (exact) mass is 402 g/mol. The van der Waals surface area contributed by atoms with E-state index in [9.17, 15) is 19.8 Å². The predicted molar refractivity (Wildman–Crippen MR) is 107 cm³/mol. The lowest BCUT2D eigenvalue weighted by molar-refractivity contribution is -0.131. The van der Waals surface area contributed by atoms with Gasteiger partial charge in [-0.05, 0) is 42.7 Å². The average molecular weight is 403 g/mol. The van der Waals surface area contributed by atoms with Gasteiger partial charge in [-0.15, -0.1) is 0 Å². The molecule has 1 saturated heterocycles. The van der Waals surface area contributed by atoms with Gasteiger partial charge in [0.1, 0.15) is 11.5 Å². The van der Waals surface area contributed by atoms with Crippen molar-refractivity contribution in [3.8, 4) is 11.5 Å². The second-order valence-corrected chi connectivity index (χ2v) is 7.33. The largest absolute Gasteiger partial charge is 0.508 e. The first-order chi connectivity index (χ1) is 13.4. The van der Waals surface area contributed by atoms with Crippen molar-refractivity contribution in [3.63, 3.8) is 0 Å². The van der Waals surface area contributed by atoms with E-state index in [2.05, 4.69) is 0 Å². The number of hydrogen-bond donors (Lipinski definition) is 2. The molecule has 1 heterocycles. The van der Waals surface area contributed by atoms with Crippen LogP contribution in [0.5, 0.6) is 11.5 Å². The molecule has 0 saturated carbocycles. The molecule has 0 spiro atoms. The Morgan fingerprint density at radius 3 is 2.18 bits per heavy atom. The topological polar surface area (TPSA) is 81.1 Å². The number of nitrogens with zero attached hydrogens (tertiary/aromatic N) is 2. The van der Waals surface area contributed by atoms with Gasteiger partial charge < -0.3 is 20.0 Å². The van der Waals surface area contributed by atoms with Crippen molar-refractivity contribution in [1.29, 1.82) is 0 Å². The molecule has 0 radical (unpaired) electrons. The van der Waals surface area contributed by atoms with E-state index in [4.69, 9.17) is 11.6 Å². The van der Waals surface area contributed by atoms with Gasteiger partial charge in [0.25, 0.3) is 5.91 Å². The van der Waals surface area contributed by atoms with Gasteiger partial charge in [-0.1, -0.05) is 23.7 Å². The molecule has 0 atom stereocenters. The smallest absolute Gasteiger partial charge is 0.254 e. The maximum Gasteiger partial charge on any atom is 0.254 e. The molecule has 2 aromatic rings. The highest BCUT2D eigenvalue weighted by Crippen LogP contribution is 2.22. The summed E-state index contributed by atoms with van der Waals surface area (Å²) in [5.41, 5.74) is 1.30. The molecule has 2 amide bonds. The van der Waals surface area contributed by atoms with Gasteiger partial charge in [0.05, 0.1) is 0 Å². The van der Waals surface area contributed by atoms with E-state index < -0.39 is 0 Å². The van der Waals surface area contributed by atoms with E-state index in [-0.39, 0.29) is 28.9 Å². The molecule has 2 aromatic carbocycles. The number of carbonyl (C=O) groups excluding carboxylic acids is 2. The van der Waals surface area contributed by atoms with Gasteiger partial charge in [-0.3, -0.25) is 9.59 Å². The van der Waals surface area contributed by atoms with Crippen LogP contribution < -0.4 is 0 Å². The quantitative estimate of drug-likeness (QED) is 0.823. The molecular formula is C21H23ClN2O4. The summed E-state index contributed by atoms with van der Waals surface area (Å²) in [6.45, 7) is 2.02. The van der Waals surface area contributed by atoms with Crippen molar-refractivity contribution in [1.82, 2.24) is 9.80 Å². The third-order valence-corrected chi connectivity index (χ3v) is 5.08. The van der Waals surface area contributed by atoms with E-state index >= 15 is 0 Å². The number of halogens is 1. The van der Waals surface area contributed by atoms with Crippen LogP contribution in [0.25, 0.3) is 0 Å². The fraction of sp³-hybridized carbons (Fsp3) is 0.333. The zero-order valence-electron chi connectivity index (χ0n) is 15.5. The van der Waals surface area contributed by atoms with E-state index in [1.165, 1.54) is 18.2 Å². The molecule has 7 heteroatoms. The molecule has 0 aromatic heterocycles. The number of aromatic hydroxyl groups is 2. The Bertz CT molecular complexity index is 834. The summed E-state index contributed by atoms with van der Waals surface area (Å²) in [6.07, 6.45) is 1.75. The van der Waals surface area contributed by atoms with Crippen molar-refractivity contribution in [2.45, 2.75) is 19.3 Å². The summed E-state index contributed by atoms with van der Waals surface area (Å²) >= 11 is 5.88. The summed E-state index contributed by atoms with van der Waals surface area (Å²) in [7, 11) is 0. The number of carbonyl (C=O) groups is 2. The minimum atomic E-state index is -0.262. The first-order valence-corrected chi connectivity index (χ1v) is 9.65. The summed E-state index contributed by atoms with van der Waals surface area (Å²) in [5.74, 6) is -0.504. The van der Waals surface area contributed by atoms with Crippen LogP contribution in [0.4, 0.5) is 0 Å². The molecule has 0 bridgehead atoms. The maximum absolute atomic E-state index is 12.7. The molecule has 3 rings (SSSR count). The highest BCUT2D eigenvalue weighted by Gasteiger charge is 2.23. The fourth-order valence-electron chi connectivity index (χ4n) is 3.33. The Kier molecular flexibility index (Phi) is 6.41. The van der Waals surface area contributed by atoms with E-state index in [1.54, 1.807) is 9.80 Å². The third kappa shape index (κ3) is 5.16. The van der Waals surface area contributed by atoms with Crippen molar-refractivity contribution >= 4 is 23.4 Å². The van der Waals surface area contributed by atoms with E-state index in [0.29, 0.717) is 50.5 Å². The molecule has 1 fully saturated rings. The Morgan fingerprint density at radius 2 is 1.50 bits per heavy atom. The van der Waals surface area contributed by atoms with Gasteiger partial charge in [0.2, 0.25) is 5.91 Å². The molecule has 1 aliphatic rings. The third-order valence-electron chi connectivity index (χ3n) is 4.83. The van der Waals surface area contributed by atoms with Gasteiger partial charge in [-0.25, -0.2) is 0 Å².